The predicted molar refractivity (Wildman–Crippen MR) is 105 cm³/mol. The highest BCUT2D eigenvalue weighted by Crippen LogP contribution is 2.26. The van der Waals surface area contributed by atoms with E-state index in [0.29, 0.717) is 6.04 Å². The van der Waals surface area contributed by atoms with Crippen LogP contribution < -0.4 is 10.6 Å². The molecule has 2 unspecified atom stereocenters. The van der Waals surface area contributed by atoms with Crippen molar-refractivity contribution in [1.82, 2.24) is 15.5 Å². The number of ether oxygens (including phenoxy) is 1. The van der Waals surface area contributed by atoms with Crippen molar-refractivity contribution in [3.05, 3.63) is 21.9 Å². The Bertz CT molecular complexity index is 580. The quantitative estimate of drug-likeness (QED) is 0.602. The Morgan fingerprint density at radius 3 is 3.12 bits per heavy atom. The molecule has 0 aromatic carbocycles. The zero-order chi connectivity index (χ0) is 17.7. The number of hydrogen-bond donors (Lipinski definition) is 2. The molecular weight excluding hydrogens is 332 g/mol. The van der Waals surface area contributed by atoms with Crippen LogP contribution in [-0.2, 0) is 17.7 Å². The van der Waals surface area contributed by atoms with Gasteiger partial charge in [-0.25, -0.2) is 0 Å². The fourth-order valence-corrected chi connectivity index (χ4v) is 4.46. The smallest absolute Gasteiger partial charge is 0.191 e. The van der Waals surface area contributed by atoms with Crippen LogP contribution in [0.15, 0.2) is 16.4 Å². The zero-order valence-corrected chi connectivity index (χ0v) is 16.6. The highest BCUT2D eigenvalue weighted by molar-refractivity contribution is 7.10. The van der Waals surface area contributed by atoms with Crippen LogP contribution in [0.4, 0.5) is 0 Å². The van der Waals surface area contributed by atoms with E-state index in [4.69, 9.17) is 9.73 Å². The summed E-state index contributed by atoms with van der Waals surface area (Å²) in [7, 11) is 0. The second-order valence-corrected chi connectivity index (χ2v) is 8.42. The highest BCUT2D eigenvalue weighted by Gasteiger charge is 2.29. The fourth-order valence-electron chi connectivity index (χ4n) is 3.57. The van der Waals surface area contributed by atoms with Gasteiger partial charge in [-0.3, -0.25) is 9.89 Å². The lowest BCUT2D eigenvalue weighted by Crippen LogP contribution is -2.47. The molecule has 3 rings (SSSR count). The third-order valence-electron chi connectivity index (χ3n) is 5.24. The first-order valence-corrected chi connectivity index (χ1v) is 10.4. The van der Waals surface area contributed by atoms with Gasteiger partial charge in [0.2, 0.25) is 0 Å². The third-order valence-corrected chi connectivity index (χ3v) is 6.26. The summed E-state index contributed by atoms with van der Waals surface area (Å²) in [6, 6.07) is 2.76. The van der Waals surface area contributed by atoms with Gasteiger partial charge in [-0.15, -0.1) is 11.3 Å². The summed E-state index contributed by atoms with van der Waals surface area (Å²) in [5.74, 6) is 0.902. The SMILES string of the molecule is CCNC(=NCC1(C)CCCO1)NCC(C)N1CCc2sccc2C1. The zero-order valence-electron chi connectivity index (χ0n) is 15.8. The summed E-state index contributed by atoms with van der Waals surface area (Å²) >= 11 is 1.90. The Labute approximate surface area is 155 Å². The molecule has 0 saturated carbocycles. The van der Waals surface area contributed by atoms with E-state index in [2.05, 4.69) is 47.8 Å². The normalized spacial score (nSPS) is 25.6. The molecule has 1 saturated heterocycles. The van der Waals surface area contributed by atoms with E-state index in [9.17, 15) is 0 Å². The van der Waals surface area contributed by atoms with Crippen molar-refractivity contribution in [2.75, 3.05) is 32.8 Å². The van der Waals surface area contributed by atoms with Crippen LogP contribution in [0.2, 0.25) is 0 Å². The molecule has 2 aliphatic rings. The molecular formula is C19H32N4OS. The standard InChI is InChI=1S/C19H32N4OS/c1-4-20-18(22-14-19(3)8-5-10-24-19)21-12-15(2)23-9-6-17-16(13-23)7-11-25-17/h7,11,15H,4-6,8-10,12-14H2,1-3H3,(H2,20,21,22). The van der Waals surface area contributed by atoms with Gasteiger partial charge in [0.15, 0.2) is 5.96 Å². The third kappa shape index (κ3) is 4.96. The Balaban J connectivity index is 1.50. The molecule has 2 aliphatic heterocycles. The highest BCUT2D eigenvalue weighted by atomic mass is 32.1. The molecule has 3 heterocycles. The second-order valence-electron chi connectivity index (χ2n) is 7.42. The maximum Gasteiger partial charge on any atom is 0.191 e. The van der Waals surface area contributed by atoms with Gasteiger partial charge >= 0.3 is 0 Å². The minimum atomic E-state index is -0.0871. The van der Waals surface area contributed by atoms with Crippen molar-refractivity contribution >= 4 is 17.3 Å². The largest absolute Gasteiger partial charge is 0.373 e. The van der Waals surface area contributed by atoms with E-state index in [0.717, 1.165) is 58.1 Å². The van der Waals surface area contributed by atoms with Gasteiger partial charge in [-0.1, -0.05) is 0 Å². The first-order valence-electron chi connectivity index (χ1n) is 9.55. The summed E-state index contributed by atoms with van der Waals surface area (Å²) in [5.41, 5.74) is 1.42. The van der Waals surface area contributed by atoms with E-state index in [-0.39, 0.29) is 5.60 Å². The number of guanidine groups is 1. The van der Waals surface area contributed by atoms with Crippen molar-refractivity contribution in [1.29, 1.82) is 0 Å². The number of thiophene rings is 1. The maximum absolute atomic E-state index is 5.85. The van der Waals surface area contributed by atoms with Gasteiger partial charge in [0.1, 0.15) is 0 Å². The fraction of sp³-hybridized carbons (Fsp3) is 0.737. The Morgan fingerprint density at radius 2 is 2.36 bits per heavy atom. The van der Waals surface area contributed by atoms with E-state index in [1.54, 1.807) is 4.88 Å². The molecule has 140 valence electrons. The summed E-state index contributed by atoms with van der Waals surface area (Å²) in [6.07, 6.45) is 3.43. The molecule has 5 nitrogen and oxygen atoms in total. The minimum Gasteiger partial charge on any atom is -0.373 e. The maximum atomic E-state index is 5.85. The molecule has 6 heteroatoms. The molecule has 1 aromatic rings. The first-order chi connectivity index (χ1) is 12.1. The molecule has 0 aliphatic carbocycles. The Hall–Kier alpha value is -1.11. The van der Waals surface area contributed by atoms with Crippen molar-refractivity contribution < 1.29 is 4.74 Å². The van der Waals surface area contributed by atoms with E-state index in [1.807, 2.05) is 11.3 Å². The van der Waals surface area contributed by atoms with Gasteiger partial charge < -0.3 is 15.4 Å². The van der Waals surface area contributed by atoms with Gasteiger partial charge in [-0.2, -0.15) is 0 Å². The number of aliphatic imine (C=N–C) groups is 1. The van der Waals surface area contributed by atoms with Crippen LogP contribution in [0, 0.1) is 0 Å². The second kappa shape index (κ2) is 8.52. The number of fused-ring (bicyclic) bond motifs is 1. The average Bonchev–Trinajstić information content (AvgIpc) is 3.25. The van der Waals surface area contributed by atoms with Crippen LogP contribution in [0.5, 0.6) is 0 Å². The van der Waals surface area contributed by atoms with E-state index in [1.165, 1.54) is 12.0 Å². The van der Waals surface area contributed by atoms with Gasteiger partial charge in [0, 0.05) is 43.7 Å². The van der Waals surface area contributed by atoms with Crippen molar-refractivity contribution in [3.63, 3.8) is 0 Å². The van der Waals surface area contributed by atoms with Gasteiger partial charge in [0.05, 0.1) is 12.1 Å². The minimum absolute atomic E-state index is 0.0871. The molecule has 25 heavy (non-hydrogen) atoms. The monoisotopic (exact) mass is 364 g/mol. The van der Waals surface area contributed by atoms with Crippen LogP contribution in [0.1, 0.15) is 44.1 Å². The van der Waals surface area contributed by atoms with Crippen LogP contribution >= 0.6 is 11.3 Å². The molecule has 2 atom stereocenters. The van der Waals surface area contributed by atoms with E-state index >= 15 is 0 Å². The van der Waals surface area contributed by atoms with E-state index < -0.39 is 0 Å². The molecule has 1 fully saturated rings. The summed E-state index contributed by atoms with van der Waals surface area (Å²) in [5, 5.41) is 9.10. The van der Waals surface area contributed by atoms with Crippen molar-refractivity contribution in [3.8, 4) is 0 Å². The molecule has 0 spiro atoms. The summed E-state index contributed by atoms with van der Waals surface area (Å²) in [4.78, 5) is 8.89. The van der Waals surface area contributed by atoms with Crippen molar-refractivity contribution in [2.24, 2.45) is 4.99 Å². The lowest BCUT2D eigenvalue weighted by molar-refractivity contribution is 0.0283. The first kappa shape index (κ1) is 18.7. The lowest BCUT2D eigenvalue weighted by atomic mass is 10.0. The molecule has 1 aromatic heterocycles. The van der Waals surface area contributed by atoms with Crippen LogP contribution in [-0.4, -0.2) is 55.3 Å². The van der Waals surface area contributed by atoms with Crippen LogP contribution in [0.25, 0.3) is 0 Å². The molecule has 0 amide bonds. The number of rotatable bonds is 6. The Kier molecular flexibility index (Phi) is 6.36. The number of hydrogen-bond acceptors (Lipinski definition) is 4. The Morgan fingerprint density at radius 1 is 1.48 bits per heavy atom. The lowest BCUT2D eigenvalue weighted by Gasteiger charge is -2.33. The number of nitrogens with zero attached hydrogens (tertiary/aromatic N) is 2. The topological polar surface area (TPSA) is 48.9 Å². The molecule has 2 N–H and O–H groups in total. The van der Waals surface area contributed by atoms with Crippen LogP contribution in [0.3, 0.4) is 0 Å². The number of nitrogens with one attached hydrogen (secondary N) is 2. The average molecular weight is 365 g/mol. The van der Waals surface area contributed by atoms with Gasteiger partial charge in [-0.05, 0) is 57.0 Å². The molecule has 0 radical (unpaired) electrons. The van der Waals surface area contributed by atoms with Gasteiger partial charge in [0.25, 0.3) is 0 Å². The van der Waals surface area contributed by atoms with Crippen molar-refractivity contribution in [2.45, 2.75) is 58.2 Å². The predicted octanol–water partition coefficient (Wildman–Crippen LogP) is 2.62. The molecule has 0 bridgehead atoms. The summed E-state index contributed by atoms with van der Waals surface area (Å²) in [6.45, 7) is 12.2. The summed E-state index contributed by atoms with van der Waals surface area (Å²) < 4.78 is 5.85.